The zero-order valence-corrected chi connectivity index (χ0v) is 15.2. The molecule has 2 fully saturated rings. The molecule has 28 heavy (non-hydrogen) atoms. The summed E-state index contributed by atoms with van der Waals surface area (Å²) in [4.78, 5) is 41.6. The Kier molecular flexibility index (Phi) is 4.73. The van der Waals surface area contributed by atoms with Crippen LogP contribution in [-0.4, -0.2) is 58.0 Å². The number of rotatable bonds is 4. The van der Waals surface area contributed by atoms with E-state index < -0.39 is 24.1 Å². The summed E-state index contributed by atoms with van der Waals surface area (Å²) in [7, 11) is 0. The number of likely N-dealkylation sites (tertiary alicyclic amines) is 1. The Morgan fingerprint density at radius 1 is 0.964 bits per heavy atom. The van der Waals surface area contributed by atoms with Crippen molar-refractivity contribution in [3.63, 3.8) is 0 Å². The predicted octanol–water partition coefficient (Wildman–Crippen LogP) is 2.70. The van der Waals surface area contributed by atoms with Crippen molar-refractivity contribution in [3.8, 4) is 0 Å². The summed E-state index contributed by atoms with van der Waals surface area (Å²) in [6.07, 6.45) is 2.00. The first-order chi connectivity index (χ1) is 13.6. The number of hydrogen-bond acceptors (Lipinski definition) is 3. The molecule has 0 aromatic heterocycles. The minimum absolute atomic E-state index is 0.143. The minimum Gasteiger partial charge on any atom is -0.480 e. The van der Waals surface area contributed by atoms with Crippen LogP contribution in [0.25, 0.3) is 0 Å². The molecule has 4 rings (SSSR count). The van der Waals surface area contributed by atoms with Crippen LogP contribution in [0.2, 0.25) is 0 Å². The third kappa shape index (κ3) is 2.98. The molecule has 2 bridgehead atoms. The number of carbonyl (C=O) groups is 3. The molecule has 3 amide bonds. The van der Waals surface area contributed by atoms with Crippen LogP contribution < -0.4 is 4.90 Å². The topological polar surface area (TPSA) is 81.2 Å². The second-order valence-electron chi connectivity index (χ2n) is 7.08. The number of piperazine rings is 1. The maximum atomic E-state index is 13.6. The first-order valence-corrected chi connectivity index (χ1v) is 9.28. The van der Waals surface area contributed by atoms with E-state index in [0.717, 1.165) is 0 Å². The Morgan fingerprint density at radius 3 is 2.04 bits per heavy atom. The molecule has 0 unspecified atom stereocenters. The van der Waals surface area contributed by atoms with Gasteiger partial charge in [-0.05, 0) is 37.1 Å². The van der Waals surface area contributed by atoms with Crippen LogP contribution >= 0.6 is 0 Å². The summed E-state index contributed by atoms with van der Waals surface area (Å²) < 4.78 is 0. The van der Waals surface area contributed by atoms with E-state index in [1.807, 2.05) is 60.7 Å². The molecule has 2 aliphatic heterocycles. The maximum Gasteiger partial charge on any atom is 0.329 e. The third-order valence-corrected chi connectivity index (χ3v) is 5.55. The lowest BCUT2D eigenvalue weighted by Crippen LogP contribution is -2.65. The first kappa shape index (κ1) is 18.0. The molecule has 1 N–H and O–H groups in total. The van der Waals surface area contributed by atoms with E-state index in [2.05, 4.69) is 0 Å². The van der Waals surface area contributed by atoms with E-state index in [1.54, 1.807) is 4.90 Å². The van der Waals surface area contributed by atoms with E-state index in [9.17, 15) is 19.5 Å². The Balaban J connectivity index is 1.74. The molecule has 0 spiro atoms. The van der Waals surface area contributed by atoms with Gasteiger partial charge in [-0.3, -0.25) is 9.69 Å². The van der Waals surface area contributed by atoms with Crippen molar-refractivity contribution < 1.29 is 19.5 Å². The summed E-state index contributed by atoms with van der Waals surface area (Å²) >= 11 is 0. The third-order valence-electron chi connectivity index (χ3n) is 5.55. The van der Waals surface area contributed by atoms with Crippen molar-refractivity contribution in [2.45, 2.75) is 31.0 Å². The van der Waals surface area contributed by atoms with Crippen LogP contribution in [0.15, 0.2) is 60.7 Å². The molecule has 144 valence electrons. The number of anilines is 2. The number of amides is 3. The van der Waals surface area contributed by atoms with E-state index in [0.29, 0.717) is 30.6 Å². The highest BCUT2D eigenvalue weighted by Gasteiger charge is 2.51. The molecule has 0 radical (unpaired) electrons. The fourth-order valence-corrected chi connectivity index (χ4v) is 4.30. The van der Waals surface area contributed by atoms with Crippen molar-refractivity contribution in [1.29, 1.82) is 0 Å². The molecule has 2 aromatic carbocycles. The van der Waals surface area contributed by atoms with Gasteiger partial charge in [0.25, 0.3) is 0 Å². The zero-order chi connectivity index (χ0) is 19.7. The number of carboxylic acid groups (broad SMARTS) is 1. The average Bonchev–Trinajstić information content (AvgIpc) is 3.00. The Bertz CT molecular complexity index is 834. The van der Waals surface area contributed by atoms with Crippen molar-refractivity contribution in [2.75, 3.05) is 11.4 Å². The summed E-state index contributed by atoms with van der Waals surface area (Å²) in [5, 5.41) is 9.86. The molecule has 2 aliphatic rings. The lowest BCUT2D eigenvalue weighted by molar-refractivity contribution is -0.148. The number of hydrogen-bond donors (Lipinski definition) is 1. The fraction of sp³-hybridized carbons (Fsp3) is 0.286. The van der Waals surface area contributed by atoms with Crippen LogP contribution in [0.4, 0.5) is 16.2 Å². The van der Waals surface area contributed by atoms with Crippen LogP contribution in [-0.2, 0) is 9.59 Å². The van der Waals surface area contributed by atoms with Gasteiger partial charge >= 0.3 is 12.0 Å². The SMILES string of the molecule is O=CN1[C@H]2CC[C@@H]1[C@@H](C(=O)O)N(C(=O)N(c1ccccc1)c1ccccc1)C2. The van der Waals surface area contributed by atoms with Gasteiger partial charge in [0.15, 0.2) is 6.04 Å². The number of aliphatic carboxylic acids is 1. The van der Waals surface area contributed by atoms with Gasteiger partial charge in [0.2, 0.25) is 6.41 Å². The molecule has 2 heterocycles. The number of carbonyl (C=O) groups excluding carboxylic acids is 2. The van der Waals surface area contributed by atoms with Crippen LogP contribution in [0.5, 0.6) is 0 Å². The van der Waals surface area contributed by atoms with Crippen LogP contribution in [0, 0.1) is 0 Å². The van der Waals surface area contributed by atoms with Gasteiger partial charge in [0.05, 0.1) is 17.4 Å². The number of benzene rings is 2. The highest BCUT2D eigenvalue weighted by Crippen LogP contribution is 2.36. The van der Waals surface area contributed by atoms with Gasteiger partial charge in [-0.15, -0.1) is 0 Å². The van der Waals surface area contributed by atoms with Gasteiger partial charge in [-0.1, -0.05) is 36.4 Å². The average molecular weight is 379 g/mol. The second kappa shape index (κ2) is 7.34. The van der Waals surface area contributed by atoms with E-state index in [1.165, 1.54) is 9.80 Å². The maximum absolute atomic E-state index is 13.6. The standard InChI is InChI=1S/C21H21N3O4/c25-14-23-17-11-12-18(23)19(20(26)27)22(13-17)21(28)24(15-7-3-1-4-8-15)16-9-5-2-6-10-16/h1-10,14,17-19H,11-13H2,(H,26,27)/t17-,18+,19-/m0/s1. The van der Waals surface area contributed by atoms with Crippen LogP contribution in [0.3, 0.4) is 0 Å². The molecule has 0 aliphatic carbocycles. The quantitative estimate of drug-likeness (QED) is 0.828. The van der Waals surface area contributed by atoms with Crippen molar-refractivity contribution in [3.05, 3.63) is 60.7 Å². The molecule has 2 saturated heterocycles. The molecular formula is C21H21N3O4. The number of urea groups is 1. The summed E-state index contributed by atoms with van der Waals surface area (Å²) in [5.41, 5.74) is 1.32. The van der Waals surface area contributed by atoms with Gasteiger partial charge in [-0.25, -0.2) is 9.59 Å². The van der Waals surface area contributed by atoms with E-state index in [-0.39, 0.29) is 12.6 Å². The van der Waals surface area contributed by atoms with Gasteiger partial charge in [-0.2, -0.15) is 0 Å². The molecule has 7 heteroatoms. The largest absolute Gasteiger partial charge is 0.480 e. The number of fused-ring (bicyclic) bond motifs is 2. The minimum atomic E-state index is -1.09. The monoisotopic (exact) mass is 379 g/mol. The van der Waals surface area contributed by atoms with Gasteiger partial charge in [0.1, 0.15) is 0 Å². The molecule has 2 aromatic rings. The van der Waals surface area contributed by atoms with E-state index in [4.69, 9.17) is 0 Å². The Labute approximate surface area is 162 Å². The highest BCUT2D eigenvalue weighted by molar-refractivity contribution is 6.01. The number of nitrogens with zero attached hydrogens (tertiary/aromatic N) is 3. The summed E-state index contributed by atoms with van der Waals surface area (Å²) in [6, 6.07) is 16.2. The zero-order valence-electron chi connectivity index (χ0n) is 15.2. The lowest BCUT2D eigenvalue weighted by Gasteiger charge is -2.44. The van der Waals surface area contributed by atoms with Gasteiger partial charge in [0, 0.05) is 12.6 Å². The van der Waals surface area contributed by atoms with Crippen molar-refractivity contribution in [1.82, 2.24) is 9.80 Å². The fourth-order valence-electron chi connectivity index (χ4n) is 4.30. The summed E-state index contributed by atoms with van der Waals surface area (Å²) in [5.74, 6) is -1.09. The Hall–Kier alpha value is -3.35. The number of carboxylic acids is 1. The molecule has 0 saturated carbocycles. The van der Waals surface area contributed by atoms with Gasteiger partial charge < -0.3 is 14.9 Å². The summed E-state index contributed by atoms with van der Waals surface area (Å²) in [6.45, 7) is 0.210. The Morgan fingerprint density at radius 2 is 1.54 bits per heavy atom. The normalized spacial score (nSPS) is 23.4. The lowest BCUT2D eigenvalue weighted by atomic mass is 10.0. The van der Waals surface area contributed by atoms with Crippen LogP contribution in [0.1, 0.15) is 12.8 Å². The molecule has 3 atom stereocenters. The number of para-hydroxylation sites is 2. The van der Waals surface area contributed by atoms with Crippen molar-refractivity contribution in [2.24, 2.45) is 0 Å². The molecule has 7 nitrogen and oxygen atoms in total. The van der Waals surface area contributed by atoms with Crippen molar-refractivity contribution >= 4 is 29.8 Å². The first-order valence-electron chi connectivity index (χ1n) is 9.28. The highest BCUT2D eigenvalue weighted by atomic mass is 16.4. The van der Waals surface area contributed by atoms with E-state index >= 15 is 0 Å². The molecular weight excluding hydrogens is 358 g/mol. The smallest absolute Gasteiger partial charge is 0.329 e. The predicted molar refractivity (Wildman–Crippen MR) is 103 cm³/mol. The second-order valence-corrected chi connectivity index (χ2v) is 7.08.